The molecule has 0 aliphatic carbocycles. The number of aliphatic imine (C=N–C) groups is 1. The Morgan fingerprint density at radius 1 is 1.19 bits per heavy atom. The molecule has 0 saturated carbocycles. The molecule has 7 heteroatoms. The Morgan fingerprint density at radius 2 is 1.92 bits per heavy atom. The van der Waals surface area contributed by atoms with Crippen LogP contribution in [0.3, 0.4) is 0 Å². The van der Waals surface area contributed by atoms with Gasteiger partial charge in [0.2, 0.25) is 0 Å². The maximum Gasteiger partial charge on any atom is 0.251 e. The second-order valence-electron chi connectivity index (χ2n) is 6.11. The summed E-state index contributed by atoms with van der Waals surface area (Å²) in [6.45, 7) is 7.82. The van der Waals surface area contributed by atoms with Crippen LogP contribution in [-0.2, 0) is 20.1 Å². The van der Waals surface area contributed by atoms with E-state index in [1.807, 2.05) is 49.8 Å². The largest absolute Gasteiger partial charge is 0.352 e. The number of nitrogens with zero attached hydrogens (tertiary/aromatic N) is 3. The molecule has 2 aromatic rings. The van der Waals surface area contributed by atoms with Gasteiger partial charge in [-0.1, -0.05) is 12.1 Å². The Labute approximate surface area is 154 Å². The lowest BCUT2D eigenvalue weighted by atomic mass is 10.1. The van der Waals surface area contributed by atoms with Crippen LogP contribution in [0.1, 0.15) is 39.8 Å². The highest BCUT2D eigenvalue weighted by atomic mass is 16.1. The Kier molecular flexibility index (Phi) is 6.77. The van der Waals surface area contributed by atoms with E-state index < -0.39 is 0 Å². The van der Waals surface area contributed by atoms with Gasteiger partial charge in [0.05, 0.1) is 5.69 Å². The Morgan fingerprint density at radius 3 is 2.54 bits per heavy atom. The van der Waals surface area contributed by atoms with Crippen LogP contribution in [0.5, 0.6) is 0 Å². The van der Waals surface area contributed by atoms with Crippen LogP contribution in [0.15, 0.2) is 29.3 Å². The monoisotopic (exact) mass is 356 g/mol. The first-order chi connectivity index (χ1) is 12.5. The third kappa shape index (κ3) is 4.84. The van der Waals surface area contributed by atoms with Gasteiger partial charge in [0.25, 0.3) is 5.91 Å². The van der Waals surface area contributed by atoms with Crippen LogP contribution in [0.4, 0.5) is 0 Å². The smallest absolute Gasteiger partial charge is 0.251 e. The predicted octanol–water partition coefficient (Wildman–Crippen LogP) is 1.65. The Balaban J connectivity index is 1.95. The minimum atomic E-state index is -0.0561. The molecule has 0 aliphatic rings. The number of rotatable bonds is 6. The fraction of sp³-hybridized carbons (Fsp3) is 0.421. The molecule has 0 fully saturated rings. The van der Waals surface area contributed by atoms with E-state index in [4.69, 9.17) is 0 Å². The maximum atomic E-state index is 11.9. The molecule has 1 heterocycles. The van der Waals surface area contributed by atoms with E-state index in [0.717, 1.165) is 17.0 Å². The molecule has 1 aromatic heterocycles. The molecule has 1 aromatic carbocycles. The van der Waals surface area contributed by atoms with Gasteiger partial charge < -0.3 is 16.0 Å². The summed E-state index contributed by atoms with van der Waals surface area (Å²) in [7, 11) is 3.68. The van der Waals surface area contributed by atoms with Gasteiger partial charge in [-0.3, -0.25) is 14.5 Å². The molecule has 26 heavy (non-hydrogen) atoms. The van der Waals surface area contributed by atoms with E-state index >= 15 is 0 Å². The summed E-state index contributed by atoms with van der Waals surface area (Å²) in [5, 5.41) is 13.8. The lowest BCUT2D eigenvalue weighted by molar-refractivity contribution is 0.0955. The zero-order chi connectivity index (χ0) is 19.1. The molecule has 0 atom stereocenters. The van der Waals surface area contributed by atoms with Crippen molar-refractivity contribution in [3.63, 3.8) is 0 Å². The first-order valence-corrected chi connectivity index (χ1v) is 8.77. The predicted molar refractivity (Wildman–Crippen MR) is 104 cm³/mol. The van der Waals surface area contributed by atoms with E-state index in [2.05, 4.69) is 33.0 Å². The molecule has 0 bridgehead atoms. The molecule has 0 unspecified atom stereocenters. The average molecular weight is 356 g/mol. The third-order valence-electron chi connectivity index (χ3n) is 4.30. The van der Waals surface area contributed by atoms with Crippen LogP contribution in [0.2, 0.25) is 0 Å². The molecule has 0 radical (unpaired) electrons. The third-order valence-corrected chi connectivity index (χ3v) is 4.30. The lowest BCUT2D eigenvalue weighted by Crippen LogP contribution is -2.36. The first-order valence-electron chi connectivity index (χ1n) is 8.77. The lowest BCUT2D eigenvalue weighted by Gasteiger charge is -2.13. The summed E-state index contributed by atoms with van der Waals surface area (Å²) in [5.41, 5.74) is 5.01. The van der Waals surface area contributed by atoms with Crippen molar-refractivity contribution < 1.29 is 4.79 Å². The zero-order valence-corrected chi connectivity index (χ0v) is 16.2. The summed E-state index contributed by atoms with van der Waals surface area (Å²) in [4.78, 5) is 16.2. The standard InChI is InChI=1S/C19H28N6O/c1-6-21-18(26)16-9-7-8-15(10-16)11-22-19(20-4)23-12-17-13(2)24-25(5)14(17)3/h7-10H,6,11-12H2,1-5H3,(H,21,26)(H2,20,22,23). The molecule has 0 spiro atoms. The van der Waals surface area contributed by atoms with Crippen molar-refractivity contribution in [2.75, 3.05) is 13.6 Å². The van der Waals surface area contributed by atoms with Crippen molar-refractivity contribution in [3.05, 3.63) is 52.3 Å². The molecular weight excluding hydrogens is 328 g/mol. The topological polar surface area (TPSA) is 83.3 Å². The van der Waals surface area contributed by atoms with Gasteiger partial charge in [-0.05, 0) is 38.5 Å². The Hall–Kier alpha value is -2.83. The van der Waals surface area contributed by atoms with E-state index in [1.54, 1.807) is 7.05 Å². The fourth-order valence-corrected chi connectivity index (χ4v) is 2.74. The quantitative estimate of drug-likeness (QED) is 0.543. The number of benzene rings is 1. The van der Waals surface area contributed by atoms with Gasteiger partial charge in [0.15, 0.2) is 5.96 Å². The highest BCUT2D eigenvalue weighted by Gasteiger charge is 2.10. The van der Waals surface area contributed by atoms with Crippen molar-refractivity contribution in [3.8, 4) is 0 Å². The first kappa shape index (κ1) is 19.5. The maximum absolute atomic E-state index is 11.9. The van der Waals surface area contributed by atoms with Crippen molar-refractivity contribution >= 4 is 11.9 Å². The SMILES string of the molecule is CCNC(=O)c1cccc(CNC(=NC)NCc2c(C)nn(C)c2C)c1. The number of guanidine groups is 1. The van der Waals surface area contributed by atoms with E-state index in [1.165, 1.54) is 5.56 Å². The van der Waals surface area contributed by atoms with Crippen molar-refractivity contribution in [2.24, 2.45) is 12.0 Å². The van der Waals surface area contributed by atoms with Gasteiger partial charge in [0, 0.05) is 50.6 Å². The van der Waals surface area contributed by atoms with Gasteiger partial charge in [0.1, 0.15) is 0 Å². The second kappa shape index (κ2) is 9.03. The molecule has 1 amide bonds. The van der Waals surface area contributed by atoms with Crippen LogP contribution in [-0.4, -0.2) is 35.2 Å². The minimum Gasteiger partial charge on any atom is -0.352 e. The number of amides is 1. The molecule has 0 aliphatic heterocycles. The molecular formula is C19H28N6O. The van der Waals surface area contributed by atoms with E-state index in [-0.39, 0.29) is 5.91 Å². The van der Waals surface area contributed by atoms with Gasteiger partial charge in [-0.15, -0.1) is 0 Å². The number of carbonyl (C=O) groups is 1. The minimum absolute atomic E-state index is 0.0561. The number of aryl methyl sites for hydroxylation is 2. The molecule has 140 valence electrons. The zero-order valence-electron chi connectivity index (χ0n) is 16.2. The highest BCUT2D eigenvalue weighted by molar-refractivity contribution is 5.94. The van der Waals surface area contributed by atoms with Crippen LogP contribution in [0, 0.1) is 13.8 Å². The normalized spacial score (nSPS) is 11.3. The number of aromatic nitrogens is 2. The van der Waals surface area contributed by atoms with Gasteiger partial charge in [-0.25, -0.2) is 0 Å². The van der Waals surface area contributed by atoms with Crippen molar-refractivity contribution in [1.29, 1.82) is 0 Å². The average Bonchev–Trinajstić information content (AvgIpc) is 2.88. The molecule has 7 nitrogen and oxygen atoms in total. The molecule has 3 N–H and O–H groups in total. The molecule has 2 rings (SSSR count). The number of carbonyl (C=O) groups excluding carboxylic acids is 1. The Bertz CT molecular complexity index is 793. The van der Waals surface area contributed by atoms with Crippen LogP contribution < -0.4 is 16.0 Å². The van der Waals surface area contributed by atoms with Gasteiger partial charge >= 0.3 is 0 Å². The summed E-state index contributed by atoms with van der Waals surface area (Å²) >= 11 is 0. The summed E-state index contributed by atoms with van der Waals surface area (Å²) in [6, 6.07) is 7.58. The van der Waals surface area contributed by atoms with Crippen LogP contribution >= 0.6 is 0 Å². The summed E-state index contributed by atoms with van der Waals surface area (Å²) in [5.74, 6) is 0.649. The van der Waals surface area contributed by atoms with Crippen molar-refractivity contribution in [1.82, 2.24) is 25.7 Å². The molecule has 0 saturated heterocycles. The van der Waals surface area contributed by atoms with Gasteiger partial charge in [-0.2, -0.15) is 5.10 Å². The number of nitrogens with one attached hydrogen (secondary N) is 3. The summed E-state index contributed by atoms with van der Waals surface area (Å²) in [6.07, 6.45) is 0. The van der Waals surface area contributed by atoms with Crippen molar-refractivity contribution in [2.45, 2.75) is 33.9 Å². The second-order valence-corrected chi connectivity index (χ2v) is 6.11. The van der Waals surface area contributed by atoms with Crippen LogP contribution in [0.25, 0.3) is 0 Å². The summed E-state index contributed by atoms with van der Waals surface area (Å²) < 4.78 is 1.88. The number of hydrogen-bond donors (Lipinski definition) is 3. The highest BCUT2D eigenvalue weighted by Crippen LogP contribution is 2.11. The van der Waals surface area contributed by atoms with E-state index in [0.29, 0.717) is 31.2 Å². The van der Waals surface area contributed by atoms with E-state index in [9.17, 15) is 4.79 Å². The fourth-order valence-electron chi connectivity index (χ4n) is 2.74. The number of hydrogen-bond acceptors (Lipinski definition) is 3.